The average Bonchev–Trinajstić information content (AvgIpc) is 3.22. The molecule has 1 aromatic carbocycles. The van der Waals surface area contributed by atoms with Crippen molar-refractivity contribution in [3.63, 3.8) is 0 Å². The van der Waals surface area contributed by atoms with Crippen LogP contribution in [-0.4, -0.2) is 42.6 Å². The Labute approximate surface area is 134 Å². The Morgan fingerprint density at radius 3 is 2.87 bits per heavy atom. The van der Waals surface area contributed by atoms with Gasteiger partial charge in [-0.05, 0) is 30.9 Å². The summed E-state index contributed by atoms with van der Waals surface area (Å²) >= 11 is 0. The summed E-state index contributed by atoms with van der Waals surface area (Å²) in [6.07, 6.45) is 4.60. The molecule has 1 saturated heterocycles. The molecule has 1 aliphatic rings. The molecule has 0 unspecified atom stereocenters. The van der Waals surface area contributed by atoms with Gasteiger partial charge in [0.25, 0.3) is 0 Å². The van der Waals surface area contributed by atoms with Gasteiger partial charge in [-0.1, -0.05) is 18.2 Å². The fraction of sp³-hybridized carbons (Fsp3) is 0.412. The molecule has 1 atom stereocenters. The first-order valence-corrected chi connectivity index (χ1v) is 7.96. The van der Waals surface area contributed by atoms with Crippen LogP contribution in [0.3, 0.4) is 0 Å². The van der Waals surface area contributed by atoms with Gasteiger partial charge in [0.05, 0.1) is 6.10 Å². The number of ether oxygens (including phenoxy) is 1. The number of hydrogen-bond donors (Lipinski definition) is 3. The van der Waals surface area contributed by atoms with E-state index in [0.717, 1.165) is 35.9 Å². The molecular weight excluding hydrogens is 294 g/mol. The first-order chi connectivity index (χ1) is 11.2. The number of para-hydroxylation sites is 1. The van der Waals surface area contributed by atoms with Crippen molar-refractivity contribution < 1.29 is 14.3 Å². The number of benzene rings is 1. The second-order valence-electron chi connectivity index (χ2n) is 5.71. The molecule has 2 aromatic rings. The van der Waals surface area contributed by atoms with E-state index in [4.69, 9.17) is 4.74 Å². The largest absolute Gasteiger partial charge is 0.376 e. The van der Waals surface area contributed by atoms with Gasteiger partial charge in [-0.15, -0.1) is 0 Å². The van der Waals surface area contributed by atoms with E-state index in [0.29, 0.717) is 19.5 Å². The summed E-state index contributed by atoms with van der Waals surface area (Å²) in [5, 5.41) is 6.41. The van der Waals surface area contributed by atoms with Gasteiger partial charge in [0.2, 0.25) is 0 Å². The third-order valence-electron chi connectivity index (χ3n) is 4.08. The molecule has 122 valence electrons. The lowest BCUT2D eigenvalue weighted by molar-refractivity contribution is -0.139. The highest BCUT2D eigenvalue weighted by molar-refractivity contribution is 6.35. The summed E-state index contributed by atoms with van der Waals surface area (Å²) in [6.45, 7) is 1.56. The zero-order valence-corrected chi connectivity index (χ0v) is 12.9. The first kappa shape index (κ1) is 15.6. The maximum absolute atomic E-state index is 11.8. The van der Waals surface area contributed by atoms with Crippen LogP contribution in [0.5, 0.6) is 0 Å². The molecule has 23 heavy (non-hydrogen) atoms. The predicted molar refractivity (Wildman–Crippen MR) is 87.0 cm³/mol. The molecule has 0 saturated carbocycles. The van der Waals surface area contributed by atoms with Crippen molar-refractivity contribution in [2.24, 2.45) is 0 Å². The number of H-pyrrole nitrogens is 1. The summed E-state index contributed by atoms with van der Waals surface area (Å²) in [6, 6.07) is 8.01. The van der Waals surface area contributed by atoms with Gasteiger partial charge < -0.3 is 20.4 Å². The predicted octanol–water partition coefficient (Wildman–Crippen LogP) is 1.12. The van der Waals surface area contributed by atoms with E-state index >= 15 is 0 Å². The van der Waals surface area contributed by atoms with Gasteiger partial charge in [-0.3, -0.25) is 9.59 Å². The fourth-order valence-electron chi connectivity index (χ4n) is 2.82. The molecule has 3 N–H and O–H groups in total. The number of carbonyl (C=O) groups excluding carboxylic acids is 2. The van der Waals surface area contributed by atoms with Gasteiger partial charge >= 0.3 is 11.8 Å². The monoisotopic (exact) mass is 315 g/mol. The minimum absolute atomic E-state index is 0.0398. The summed E-state index contributed by atoms with van der Waals surface area (Å²) in [5.41, 5.74) is 2.20. The Morgan fingerprint density at radius 1 is 1.22 bits per heavy atom. The Bertz CT molecular complexity index is 689. The van der Waals surface area contributed by atoms with E-state index in [2.05, 4.69) is 15.6 Å². The van der Waals surface area contributed by atoms with Crippen LogP contribution in [0, 0.1) is 0 Å². The highest BCUT2D eigenvalue weighted by atomic mass is 16.5. The minimum atomic E-state index is -0.598. The molecule has 6 nitrogen and oxygen atoms in total. The lowest BCUT2D eigenvalue weighted by Crippen LogP contribution is -2.43. The van der Waals surface area contributed by atoms with Gasteiger partial charge in [0.1, 0.15) is 0 Å². The van der Waals surface area contributed by atoms with Crippen LogP contribution in [0.4, 0.5) is 0 Å². The van der Waals surface area contributed by atoms with Crippen LogP contribution in [-0.2, 0) is 20.7 Å². The Balaban J connectivity index is 1.42. The molecule has 1 aliphatic heterocycles. The van der Waals surface area contributed by atoms with Gasteiger partial charge in [0, 0.05) is 36.8 Å². The number of aromatic amines is 1. The van der Waals surface area contributed by atoms with Crippen molar-refractivity contribution in [1.82, 2.24) is 15.6 Å². The van der Waals surface area contributed by atoms with Crippen molar-refractivity contribution in [2.75, 3.05) is 19.7 Å². The number of fused-ring (bicyclic) bond motifs is 1. The molecule has 6 heteroatoms. The van der Waals surface area contributed by atoms with Crippen molar-refractivity contribution in [2.45, 2.75) is 25.4 Å². The second-order valence-corrected chi connectivity index (χ2v) is 5.71. The molecule has 1 aromatic heterocycles. The number of hydrogen-bond acceptors (Lipinski definition) is 3. The Kier molecular flexibility index (Phi) is 4.92. The van der Waals surface area contributed by atoms with Crippen molar-refractivity contribution in [3.05, 3.63) is 36.0 Å². The van der Waals surface area contributed by atoms with E-state index < -0.39 is 11.8 Å². The number of nitrogens with one attached hydrogen (secondary N) is 3. The summed E-state index contributed by atoms with van der Waals surface area (Å²) in [4.78, 5) is 26.7. The summed E-state index contributed by atoms with van der Waals surface area (Å²) in [5.74, 6) is -1.19. The van der Waals surface area contributed by atoms with E-state index in [1.165, 1.54) is 0 Å². The topological polar surface area (TPSA) is 83.2 Å². The summed E-state index contributed by atoms with van der Waals surface area (Å²) in [7, 11) is 0. The van der Waals surface area contributed by atoms with E-state index in [1.807, 2.05) is 30.5 Å². The van der Waals surface area contributed by atoms with Crippen LogP contribution in [0.15, 0.2) is 30.5 Å². The van der Waals surface area contributed by atoms with Gasteiger partial charge in [-0.25, -0.2) is 0 Å². The smallest absolute Gasteiger partial charge is 0.309 e. The first-order valence-electron chi connectivity index (χ1n) is 7.96. The van der Waals surface area contributed by atoms with E-state index in [9.17, 15) is 9.59 Å². The molecule has 3 rings (SSSR count). The van der Waals surface area contributed by atoms with Crippen molar-refractivity contribution in [1.29, 1.82) is 0 Å². The van der Waals surface area contributed by atoms with E-state index in [-0.39, 0.29) is 6.10 Å². The maximum Gasteiger partial charge on any atom is 0.309 e. The molecule has 0 spiro atoms. The normalized spacial score (nSPS) is 17.3. The van der Waals surface area contributed by atoms with Crippen molar-refractivity contribution >= 4 is 22.7 Å². The standard InChI is InChI=1S/C17H21N3O3/c21-16(17(22)20-11-13-4-3-9-23-13)18-8-7-12-10-19-15-6-2-1-5-14(12)15/h1-2,5-6,10,13,19H,3-4,7-9,11H2,(H,18,21)(H,20,22)/t13-/m0/s1. The number of amides is 2. The van der Waals surface area contributed by atoms with Crippen LogP contribution < -0.4 is 10.6 Å². The highest BCUT2D eigenvalue weighted by Gasteiger charge is 2.19. The van der Waals surface area contributed by atoms with Gasteiger partial charge in [-0.2, -0.15) is 0 Å². The molecule has 0 bridgehead atoms. The van der Waals surface area contributed by atoms with Crippen molar-refractivity contribution in [3.8, 4) is 0 Å². The number of carbonyl (C=O) groups is 2. The fourth-order valence-corrected chi connectivity index (χ4v) is 2.82. The number of aromatic nitrogens is 1. The van der Waals surface area contributed by atoms with E-state index in [1.54, 1.807) is 0 Å². The van der Waals surface area contributed by atoms with Crippen LogP contribution >= 0.6 is 0 Å². The highest BCUT2D eigenvalue weighted by Crippen LogP contribution is 2.17. The molecule has 0 aliphatic carbocycles. The van der Waals surface area contributed by atoms with Crippen LogP contribution in [0.2, 0.25) is 0 Å². The molecular formula is C17H21N3O3. The van der Waals surface area contributed by atoms with Crippen LogP contribution in [0.1, 0.15) is 18.4 Å². The number of rotatable bonds is 5. The average molecular weight is 315 g/mol. The molecule has 2 heterocycles. The summed E-state index contributed by atoms with van der Waals surface area (Å²) < 4.78 is 5.40. The van der Waals surface area contributed by atoms with Crippen LogP contribution in [0.25, 0.3) is 10.9 Å². The lowest BCUT2D eigenvalue weighted by atomic mass is 10.1. The zero-order valence-electron chi connectivity index (χ0n) is 12.9. The maximum atomic E-state index is 11.8. The lowest BCUT2D eigenvalue weighted by Gasteiger charge is -2.10. The Morgan fingerprint density at radius 2 is 2.04 bits per heavy atom. The zero-order chi connectivity index (χ0) is 16.1. The Hall–Kier alpha value is -2.34. The third kappa shape index (κ3) is 3.90. The SMILES string of the molecule is O=C(NCCc1c[nH]c2ccccc12)C(=O)NC[C@@H]1CCCO1. The second kappa shape index (κ2) is 7.28. The minimum Gasteiger partial charge on any atom is -0.376 e. The van der Waals surface area contributed by atoms with Gasteiger partial charge in [0.15, 0.2) is 0 Å². The molecule has 1 fully saturated rings. The quantitative estimate of drug-likeness (QED) is 0.723. The molecule has 2 amide bonds. The third-order valence-corrected chi connectivity index (χ3v) is 4.08. The molecule has 0 radical (unpaired) electrons.